The third kappa shape index (κ3) is 3.56. The van der Waals surface area contributed by atoms with Gasteiger partial charge in [-0.25, -0.2) is 0 Å². The van der Waals surface area contributed by atoms with Crippen LogP contribution in [-0.2, 0) is 0 Å². The lowest BCUT2D eigenvalue weighted by molar-refractivity contribution is 0.698. The maximum Gasteiger partial charge on any atom is 0.00887 e. The molecule has 0 fully saturated rings. The van der Waals surface area contributed by atoms with E-state index in [1.54, 1.807) is 0 Å². The molecule has 0 saturated heterocycles. The van der Waals surface area contributed by atoms with Crippen LogP contribution < -0.4 is 0 Å². The Morgan fingerprint density at radius 2 is 1.50 bits per heavy atom. The molecule has 0 N–H and O–H groups in total. The SMILES string of the molecule is C1#CCCCC[CH]CCC1. The van der Waals surface area contributed by atoms with Crippen LogP contribution >= 0.6 is 0 Å². The highest BCUT2D eigenvalue weighted by Crippen LogP contribution is 2.08. The van der Waals surface area contributed by atoms with Crippen molar-refractivity contribution in [3.63, 3.8) is 0 Å². The lowest BCUT2D eigenvalue weighted by Gasteiger charge is -1.99. The molecular weight excluding hydrogens is 120 g/mol. The van der Waals surface area contributed by atoms with E-state index in [0.717, 1.165) is 12.8 Å². The monoisotopic (exact) mass is 135 g/mol. The first-order valence-electron chi connectivity index (χ1n) is 4.27. The van der Waals surface area contributed by atoms with E-state index in [9.17, 15) is 0 Å². The number of rotatable bonds is 0. The highest BCUT2D eigenvalue weighted by Gasteiger charge is 1.91. The summed E-state index contributed by atoms with van der Waals surface area (Å²) in [5, 5.41) is 0. The van der Waals surface area contributed by atoms with E-state index in [-0.39, 0.29) is 0 Å². The average molecular weight is 135 g/mol. The summed E-state index contributed by atoms with van der Waals surface area (Å²) in [6.45, 7) is 0. The molecule has 0 saturated carbocycles. The van der Waals surface area contributed by atoms with Crippen molar-refractivity contribution in [3.05, 3.63) is 6.42 Å². The van der Waals surface area contributed by atoms with Crippen LogP contribution in [0.25, 0.3) is 0 Å². The van der Waals surface area contributed by atoms with Crippen LogP contribution in [0.2, 0.25) is 0 Å². The highest BCUT2D eigenvalue weighted by molar-refractivity contribution is 4.99. The van der Waals surface area contributed by atoms with E-state index in [2.05, 4.69) is 18.3 Å². The molecule has 0 bridgehead atoms. The van der Waals surface area contributed by atoms with E-state index in [1.807, 2.05) is 0 Å². The van der Waals surface area contributed by atoms with Crippen LogP contribution in [0.4, 0.5) is 0 Å². The molecule has 0 nitrogen and oxygen atoms in total. The van der Waals surface area contributed by atoms with Gasteiger partial charge in [-0.1, -0.05) is 12.8 Å². The molecule has 1 aliphatic carbocycles. The van der Waals surface area contributed by atoms with Gasteiger partial charge in [-0.3, -0.25) is 0 Å². The molecule has 0 heterocycles. The zero-order valence-corrected chi connectivity index (χ0v) is 6.53. The Labute approximate surface area is 64.0 Å². The van der Waals surface area contributed by atoms with Gasteiger partial charge < -0.3 is 0 Å². The first-order valence-corrected chi connectivity index (χ1v) is 4.27. The van der Waals surface area contributed by atoms with E-state index in [0.29, 0.717) is 0 Å². The van der Waals surface area contributed by atoms with Crippen molar-refractivity contribution in [1.29, 1.82) is 0 Å². The Morgan fingerprint density at radius 1 is 0.800 bits per heavy atom. The van der Waals surface area contributed by atoms with Gasteiger partial charge in [0.2, 0.25) is 0 Å². The van der Waals surface area contributed by atoms with Gasteiger partial charge in [0, 0.05) is 12.8 Å². The van der Waals surface area contributed by atoms with Gasteiger partial charge in [0.1, 0.15) is 0 Å². The molecule has 0 amide bonds. The van der Waals surface area contributed by atoms with Crippen molar-refractivity contribution < 1.29 is 0 Å². The predicted molar refractivity (Wildman–Crippen MR) is 44.4 cm³/mol. The van der Waals surface area contributed by atoms with Crippen LogP contribution in [0.15, 0.2) is 0 Å². The van der Waals surface area contributed by atoms with Gasteiger partial charge in [-0.05, 0) is 25.7 Å². The molecule has 1 radical (unpaired) electrons. The maximum absolute atomic E-state index is 3.19. The van der Waals surface area contributed by atoms with Gasteiger partial charge in [0.05, 0.1) is 0 Å². The second-order valence-corrected chi connectivity index (χ2v) is 2.78. The zero-order valence-electron chi connectivity index (χ0n) is 6.53. The van der Waals surface area contributed by atoms with Crippen molar-refractivity contribution in [3.8, 4) is 11.8 Å². The molecular formula is C10H15. The first-order chi connectivity index (χ1) is 5.00. The summed E-state index contributed by atoms with van der Waals surface area (Å²) in [6.07, 6.45) is 11.1. The van der Waals surface area contributed by atoms with Gasteiger partial charge in [-0.2, -0.15) is 0 Å². The fourth-order valence-electron chi connectivity index (χ4n) is 1.16. The first kappa shape index (κ1) is 7.66. The minimum Gasteiger partial charge on any atom is -0.103 e. The quantitative estimate of drug-likeness (QED) is 0.448. The molecule has 0 atom stereocenters. The highest BCUT2D eigenvalue weighted by atomic mass is 14.0. The summed E-state index contributed by atoms with van der Waals surface area (Å²) < 4.78 is 0. The summed E-state index contributed by atoms with van der Waals surface area (Å²) in [6, 6.07) is 0. The van der Waals surface area contributed by atoms with E-state index in [1.165, 1.54) is 32.1 Å². The van der Waals surface area contributed by atoms with Gasteiger partial charge >= 0.3 is 0 Å². The van der Waals surface area contributed by atoms with E-state index < -0.39 is 0 Å². The second kappa shape index (κ2) is 5.35. The molecule has 0 aliphatic heterocycles. The topological polar surface area (TPSA) is 0 Å². The zero-order chi connectivity index (χ0) is 7.07. The normalized spacial score (nSPS) is 20.8. The van der Waals surface area contributed by atoms with Crippen LogP contribution in [0.1, 0.15) is 44.9 Å². The number of hydrogen-bond donors (Lipinski definition) is 0. The van der Waals surface area contributed by atoms with Gasteiger partial charge in [0.25, 0.3) is 0 Å². The van der Waals surface area contributed by atoms with Crippen molar-refractivity contribution in [2.45, 2.75) is 44.9 Å². The summed E-state index contributed by atoms with van der Waals surface area (Å²) in [5.41, 5.74) is 0. The van der Waals surface area contributed by atoms with Crippen molar-refractivity contribution in [2.24, 2.45) is 0 Å². The van der Waals surface area contributed by atoms with Crippen molar-refractivity contribution >= 4 is 0 Å². The van der Waals surface area contributed by atoms with E-state index in [4.69, 9.17) is 0 Å². The lowest BCUT2D eigenvalue weighted by atomic mass is 10.1. The van der Waals surface area contributed by atoms with Crippen LogP contribution in [0, 0.1) is 18.3 Å². The maximum atomic E-state index is 3.19. The molecule has 0 spiro atoms. The Morgan fingerprint density at radius 3 is 2.40 bits per heavy atom. The third-order valence-corrected chi connectivity index (χ3v) is 1.80. The standard InChI is InChI=1S/C10H15/c1-2-4-6-8-10-9-7-5-3-1/h1H,2-8H2. The summed E-state index contributed by atoms with van der Waals surface area (Å²) in [4.78, 5) is 0. The smallest absolute Gasteiger partial charge is 0.00887 e. The summed E-state index contributed by atoms with van der Waals surface area (Å²) in [7, 11) is 0. The minimum absolute atomic E-state index is 1.11. The van der Waals surface area contributed by atoms with Crippen molar-refractivity contribution in [1.82, 2.24) is 0 Å². The van der Waals surface area contributed by atoms with Gasteiger partial charge in [-0.15, -0.1) is 11.8 Å². The predicted octanol–water partition coefficient (Wildman–Crippen LogP) is 2.94. The third-order valence-electron chi connectivity index (χ3n) is 1.80. The summed E-state index contributed by atoms with van der Waals surface area (Å²) in [5.74, 6) is 6.38. The Bertz CT molecular complexity index is 111. The molecule has 55 valence electrons. The Hall–Kier alpha value is -0.440. The lowest BCUT2D eigenvalue weighted by Crippen LogP contribution is -1.82. The van der Waals surface area contributed by atoms with Crippen LogP contribution in [-0.4, -0.2) is 0 Å². The Kier molecular flexibility index (Phi) is 4.10. The molecule has 0 heteroatoms. The molecule has 1 rings (SSSR count). The minimum atomic E-state index is 1.11. The average Bonchev–Trinajstić information content (AvgIpc) is 2.01. The molecule has 0 aromatic rings. The van der Waals surface area contributed by atoms with Gasteiger partial charge in [0.15, 0.2) is 0 Å². The molecule has 0 aromatic heterocycles. The fourth-order valence-corrected chi connectivity index (χ4v) is 1.16. The molecule has 1 aliphatic rings. The fraction of sp³-hybridized carbons (Fsp3) is 0.700. The number of hydrogen-bond acceptors (Lipinski definition) is 0. The van der Waals surface area contributed by atoms with E-state index >= 15 is 0 Å². The second-order valence-electron chi connectivity index (χ2n) is 2.78. The summed E-state index contributed by atoms with van der Waals surface area (Å²) >= 11 is 0. The van der Waals surface area contributed by atoms with Crippen molar-refractivity contribution in [2.75, 3.05) is 0 Å². The largest absolute Gasteiger partial charge is 0.103 e. The van der Waals surface area contributed by atoms with Crippen LogP contribution in [0.3, 0.4) is 0 Å². The molecule has 0 unspecified atom stereocenters. The Balaban J connectivity index is 2.18. The molecule has 10 heavy (non-hydrogen) atoms. The van der Waals surface area contributed by atoms with Crippen LogP contribution in [0.5, 0.6) is 0 Å². The molecule has 0 aromatic carbocycles.